The van der Waals surface area contributed by atoms with Gasteiger partial charge in [0.1, 0.15) is 0 Å². The molecule has 0 fully saturated rings. The summed E-state index contributed by atoms with van der Waals surface area (Å²) in [5.41, 5.74) is 0. The second kappa shape index (κ2) is 15.7. The van der Waals surface area contributed by atoms with E-state index in [1.165, 1.54) is 0 Å². The molecule has 0 aliphatic heterocycles. The first-order valence-electron chi connectivity index (χ1n) is 2.46. The Labute approximate surface area is 78.7 Å². The normalized spacial score (nSPS) is 7.75. The smallest absolute Gasteiger partial charge is 1.00 e. The maximum absolute atomic E-state index is 3.07. The molecule has 0 aromatic rings. The Balaban J connectivity index is -0.000000125. The van der Waals surface area contributed by atoms with E-state index in [1.54, 1.807) is 0 Å². The molecule has 0 amide bonds. The molecule has 2 heteroatoms. The first-order chi connectivity index (χ1) is 2.91. The number of allylic oxidation sites excluding steroid dienone is 2. The Hall–Kier alpha value is 0.986. The summed E-state index contributed by atoms with van der Waals surface area (Å²) in [6.07, 6.45) is 7.30. The van der Waals surface area contributed by atoms with Gasteiger partial charge < -0.3 is 23.1 Å². The molecule has 0 aromatic heterocycles. The van der Waals surface area contributed by atoms with Crippen LogP contribution in [0, 0.1) is 6.08 Å². The maximum Gasteiger partial charge on any atom is 2.00 e. The van der Waals surface area contributed by atoms with E-state index in [4.69, 9.17) is 0 Å². The minimum atomic E-state index is 0. The Morgan fingerprint density at radius 1 is 1.38 bits per heavy atom. The van der Waals surface area contributed by atoms with Crippen molar-refractivity contribution < 1.29 is 17.0 Å². The molecule has 8 heavy (non-hydrogen) atoms. The van der Waals surface area contributed by atoms with Gasteiger partial charge in [-0.05, 0) is 0 Å². The van der Waals surface area contributed by atoms with Crippen molar-refractivity contribution in [1.82, 2.24) is 0 Å². The standard InChI is InChI=1S/C6H11.BrH.Mg/c1-3-5-6-4-2;;/h5H,3-4H2,1-2H3;1H;/q-1;;+2/p-1. The van der Waals surface area contributed by atoms with Crippen LogP contribution < -0.4 is 17.0 Å². The summed E-state index contributed by atoms with van der Waals surface area (Å²) in [4.78, 5) is 0. The molecule has 0 radical (unpaired) electrons. The van der Waals surface area contributed by atoms with Gasteiger partial charge in [-0.15, -0.1) is 0 Å². The molecular formula is C6H11BrMg. The first-order valence-corrected chi connectivity index (χ1v) is 2.46. The van der Waals surface area contributed by atoms with Gasteiger partial charge in [-0.3, -0.25) is 6.08 Å². The summed E-state index contributed by atoms with van der Waals surface area (Å²) in [6, 6.07) is 0. The Kier molecular flexibility index (Phi) is 31.3. The van der Waals surface area contributed by atoms with Gasteiger partial charge in [0.15, 0.2) is 0 Å². The van der Waals surface area contributed by atoms with E-state index in [2.05, 4.69) is 26.0 Å². The number of hydrogen-bond donors (Lipinski definition) is 0. The van der Waals surface area contributed by atoms with Gasteiger partial charge in [0.05, 0.1) is 0 Å². The van der Waals surface area contributed by atoms with E-state index in [1.807, 2.05) is 0 Å². The van der Waals surface area contributed by atoms with Gasteiger partial charge in [-0.2, -0.15) is 6.42 Å². The average molecular weight is 187 g/mol. The van der Waals surface area contributed by atoms with Gasteiger partial charge >= 0.3 is 23.1 Å². The second-order valence-corrected chi connectivity index (χ2v) is 1.17. The van der Waals surface area contributed by atoms with E-state index in [-0.39, 0.29) is 40.0 Å². The molecule has 0 atom stereocenters. The van der Waals surface area contributed by atoms with Crippen molar-refractivity contribution in [2.24, 2.45) is 0 Å². The van der Waals surface area contributed by atoms with E-state index >= 15 is 0 Å². The molecule has 0 heterocycles. The number of halogens is 1. The third-order valence-electron chi connectivity index (χ3n) is 0.553. The number of hydrogen-bond acceptors (Lipinski definition) is 0. The molecule has 0 saturated carbocycles. The summed E-state index contributed by atoms with van der Waals surface area (Å²) in [7, 11) is 0. The van der Waals surface area contributed by atoms with Crippen LogP contribution in [0.25, 0.3) is 0 Å². The molecular weight excluding hydrogens is 176 g/mol. The van der Waals surface area contributed by atoms with Crippen LogP contribution in [0.3, 0.4) is 0 Å². The van der Waals surface area contributed by atoms with Crippen LogP contribution in [0.1, 0.15) is 26.7 Å². The molecule has 0 unspecified atom stereocenters. The minimum Gasteiger partial charge on any atom is -1.00 e. The number of rotatable bonds is 2. The minimum absolute atomic E-state index is 0. The molecule has 44 valence electrons. The summed E-state index contributed by atoms with van der Waals surface area (Å²) >= 11 is 0. The fourth-order valence-electron chi connectivity index (χ4n) is 0.289. The van der Waals surface area contributed by atoms with E-state index in [0.717, 1.165) is 12.8 Å². The van der Waals surface area contributed by atoms with E-state index < -0.39 is 0 Å². The molecule has 0 nitrogen and oxygen atoms in total. The van der Waals surface area contributed by atoms with Crippen molar-refractivity contribution in [3.8, 4) is 0 Å². The van der Waals surface area contributed by atoms with Crippen LogP contribution >= 0.6 is 0 Å². The van der Waals surface area contributed by atoms with Crippen molar-refractivity contribution in [1.29, 1.82) is 0 Å². The average Bonchev–Trinajstić information content (AvgIpc) is 1.61. The quantitative estimate of drug-likeness (QED) is 0.376. The third kappa shape index (κ3) is 15.8. The zero-order chi connectivity index (χ0) is 4.83. The monoisotopic (exact) mass is 186 g/mol. The van der Waals surface area contributed by atoms with Gasteiger partial charge in [0, 0.05) is 0 Å². The van der Waals surface area contributed by atoms with Gasteiger partial charge in [-0.1, -0.05) is 20.3 Å². The van der Waals surface area contributed by atoms with Crippen LogP contribution in [-0.4, -0.2) is 23.1 Å². The zero-order valence-corrected chi connectivity index (χ0v) is 8.58. The molecule has 0 saturated heterocycles. The third-order valence-corrected chi connectivity index (χ3v) is 0.553. The fourth-order valence-corrected chi connectivity index (χ4v) is 0.289. The maximum atomic E-state index is 3.07. The van der Waals surface area contributed by atoms with Crippen LogP contribution in [0.4, 0.5) is 0 Å². The van der Waals surface area contributed by atoms with Crippen LogP contribution in [0.15, 0.2) is 6.08 Å². The second-order valence-electron chi connectivity index (χ2n) is 1.17. The molecule has 0 N–H and O–H groups in total. The molecule has 0 aliphatic rings. The predicted molar refractivity (Wildman–Crippen MR) is 34.1 cm³/mol. The largest absolute Gasteiger partial charge is 2.00 e. The van der Waals surface area contributed by atoms with Crippen molar-refractivity contribution >= 4 is 23.1 Å². The molecule has 0 bridgehead atoms. The van der Waals surface area contributed by atoms with Crippen molar-refractivity contribution in [2.75, 3.05) is 0 Å². The summed E-state index contributed by atoms with van der Waals surface area (Å²) in [5, 5.41) is 0. The van der Waals surface area contributed by atoms with Crippen LogP contribution in [0.2, 0.25) is 0 Å². The Morgan fingerprint density at radius 2 is 1.88 bits per heavy atom. The zero-order valence-electron chi connectivity index (χ0n) is 5.58. The Bertz CT molecular complexity index is 37.8. The SMILES string of the molecule is CC[C-]=CCC.[Br-].[Mg+2]. The molecule has 0 spiro atoms. The summed E-state index contributed by atoms with van der Waals surface area (Å²) in [5.74, 6) is 0. The van der Waals surface area contributed by atoms with E-state index in [0.29, 0.717) is 0 Å². The molecule has 0 aliphatic carbocycles. The molecule has 0 rings (SSSR count). The molecule has 0 aromatic carbocycles. The van der Waals surface area contributed by atoms with Gasteiger partial charge in [-0.25, -0.2) is 0 Å². The van der Waals surface area contributed by atoms with Gasteiger partial charge in [0.2, 0.25) is 0 Å². The predicted octanol–water partition coefficient (Wildman–Crippen LogP) is -1.21. The Morgan fingerprint density at radius 3 is 2.00 bits per heavy atom. The van der Waals surface area contributed by atoms with Crippen LogP contribution in [0.5, 0.6) is 0 Å². The first kappa shape index (κ1) is 16.0. The van der Waals surface area contributed by atoms with E-state index in [9.17, 15) is 0 Å². The summed E-state index contributed by atoms with van der Waals surface area (Å²) in [6.45, 7) is 4.20. The van der Waals surface area contributed by atoms with Crippen molar-refractivity contribution in [3.63, 3.8) is 0 Å². The van der Waals surface area contributed by atoms with Crippen LogP contribution in [-0.2, 0) is 0 Å². The topological polar surface area (TPSA) is 0 Å². The van der Waals surface area contributed by atoms with Crippen molar-refractivity contribution in [3.05, 3.63) is 12.2 Å². The fraction of sp³-hybridized carbons (Fsp3) is 0.667. The van der Waals surface area contributed by atoms with Gasteiger partial charge in [0.25, 0.3) is 0 Å². The summed E-state index contributed by atoms with van der Waals surface area (Å²) < 4.78 is 0. The van der Waals surface area contributed by atoms with Crippen molar-refractivity contribution in [2.45, 2.75) is 26.7 Å².